The molecule has 0 spiro atoms. The Balaban J connectivity index is 1.79. The molecule has 0 heterocycles. The number of hydrogen-bond donors (Lipinski definition) is 2. The Morgan fingerprint density at radius 3 is 1.91 bits per heavy atom. The van der Waals surface area contributed by atoms with Crippen LogP contribution in [0, 0.1) is 0 Å². The van der Waals surface area contributed by atoms with Gasteiger partial charge in [0, 0.05) is 23.7 Å². The van der Waals surface area contributed by atoms with Crippen LogP contribution in [0.25, 0.3) is 0 Å². The van der Waals surface area contributed by atoms with Gasteiger partial charge in [0.2, 0.25) is 0 Å². The molecule has 2 rings (SSSR count). The topological polar surface area (TPSA) is 58.2 Å². The van der Waals surface area contributed by atoms with Crippen molar-refractivity contribution >= 4 is 11.8 Å². The predicted octanol–water partition coefficient (Wildman–Crippen LogP) is 3.02. The van der Waals surface area contributed by atoms with Gasteiger partial charge in [0.25, 0.3) is 11.8 Å². The third-order valence-corrected chi connectivity index (χ3v) is 3.68. The molecule has 2 N–H and O–H groups in total. The van der Waals surface area contributed by atoms with Crippen LogP contribution >= 0.6 is 0 Å². The van der Waals surface area contributed by atoms with Crippen LogP contribution < -0.4 is 10.6 Å². The Kier molecular flexibility index (Phi) is 6.36. The van der Waals surface area contributed by atoms with E-state index >= 15 is 0 Å². The highest BCUT2D eigenvalue weighted by Crippen LogP contribution is 2.03. The lowest BCUT2D eigenvalue weighted by Crippen LogP contribution is -2.37. The summed E-state index contributed by atoms with van der Waals surface area (Å²) in [4.78, 5) is 24.1. The van der Waals surface area contributed by atoms with Crippen molar-refractivity contribution in [2.24, 2.45) is 0 Å². The Hall–Kier alpha value is -2.62. The van der Waals surface area contributed by atoms with E-state index < -0.39 is 0 Å². The highest BCUT2D eigenvalue weighted by Gasteiger charge is 2.12. The standard InChI is InChI=1S/C19H22N2O2/c1-2-17(21-19(23)16-11-7-4-8-12-16)13-14-20-18(22)15-9-5-3-6-10-15/h3-12,17H,2,13-14H2,1H3,(H,20,22)(H,21,23)/t17-/m0/s1. The lowest BCUT2D eigenvalue weighted by atomic mass is 10.1. The Labute approximate surface area is 136 Å². The Morgan fingerprint density at radius 2 is 1.39 bits per heavy atom. The van der Waals surface area contributed by atoms with Crippen molar-refractivity contribution in [1.29, 1.82) is 0 Å². The highest BCUT2D eigenvalue weighted by molar-refractivity contribution is 5.94. The van der Waals surface area contributed by atoms with Crippen LogP contribution in [0.4, 0.5) is 0 Å². The Bertz CT molecular complexity index is 626. The normalized spacial score (nSPS) is 11.5. The molecule has 23 heavy (non-hydrogen) atoms. The van der Waals surface area contributed by atoms with Gasteiger partial charge in [0.15, 0.2) is 0 Å². The average Bonchev–Trinajstić information content (AvgIpc) is 2.62. The fraction of sp³-hybridized carbons (Fsp3) is 0.263. The molecule has 0 aromatic heterocycles. The second-order valence-electron chi connectivity index (χ2n) is 5.36. The van der Waals surface area contributed by atoms with Crippen LogP contribution in [0.5, 0.6) is 0 Å². The van der Waals surface area contributed by atoms with E-state index in [2.05, 4.69) is 10.6 Å². The summed E-state index contributed by atoms with van der Waals surface area (Å²) in [7, 11) is 0. The monoisotopic (exact) mass is 310 g/mol. The van der Waals surface area contributed by atoms with E-state index in [9.17, 15) is 9.59 Å². The molecular formula is C19H22N2O2. The molecule has 4 nitrogen and oxygen atoms in total. The summed E-state index contributed by atoms with van der Waals surface area (Å²) in [5, 5.41) is 5.89. The van der Waals surface area contributed by atoms with Gasteiger partial charge in [-0.1, -0.05) is 43.3 Å². The number of nitrogens with one attached hydrogen (secondary N) is 2. The van der Waals surface area contributed by atoms with E-state index in [1.807, 2.05) is 43.3 Å². The fourth-order valence-electron chi connectivity index (χ4n) is 2.29. The molecule has 0 saturated carbocycles. The second-order valence-corrected chi connectivity index (χ2v) is 5.36. The van der Waals surface area contributed by atoms with Crippen LogP contribution in [0.3, 0.4) is 0 Å². The van der Waals surface area contributed by atoms with E-state index in [-0.39, 0.29) is 17.9 Å². The minimum Gasteiger partial charge on any atom is -0.352 e. The van der Waals surface area contributed by atoms with Crippen LogP contribution in [-0.4, -0.2) is 24.4 Å². The number of rotatable bonds is 7. The van der Waals surface area contributed by atoms with Gasteiger partial charge in [-0.25, -0.2) is 0 Å². The molecule has 0 radical (unpaired) electrons. The maximum Gasteiger partial charge on any atom is 0.251 e. The number of amides is 2. The van der Waals surface area contributed by atoms with E-state index in [1.54, 1.807) is 24.3 Å². The average molecular weight is 310 g/mol. The van der Waals surface area contributed by atoms with Gasteiger partial charge >= 0.3 is 0 Å². The van der Waals surface area contributed by atoms with Crippen molar-refractivity contribution in [3.63, 3.8) is 0 Å². The van der Waals surface area contributed by atoms with E-state index in [0.29, 0.717) is 24.1 Å². The minimum atomic E-state index is -0.0881. The zero-order valence-corrected chi connectivity index (χ0v) is 13.3. The largest absolute Gasteiger partial charge is 0.352 e. The first-order valence-electron chi connectivity index (χ1n) is 7.90. The molecule has 2 amide bonds. The van der Waals surface area contributed by atoms with Crippen LogP contribution in [-0.2, 0) is 0 Å². The van der Waals surface area contributed by atoms with Gasteiger partial charge in [-0.05, 0) is 37.1 Å². The van der Waals surface area contributed by atoms with Gasteiger partial charge in [0.1, 0.15) is 0 Å². The molecule has 2 aromatic carbocycles. The molecule has 2 aromatic rings. The predicted molar refractivity (Wildman–Crippen MR) is 91.4 cm³/mol. The van der Waals surface area contributed by atoms with Crippen molar-refractivity contribution in [2.75, 3.05) is 6.54 Å². The van der Waals surface area contributed by atoms with Gasteiger partial charge in [0.05, 0.1) is 0 Å². The first-order chi connectivity index (χ1) is 11.2. The van der Waals surface area contributed by atoms with Crippen LogP contribution in [0.2, 0.25) is 0 Å². The quantitative estimate of drug-likeness (QED) is 0.826. The first-order valence-corrected chi connectivity index (χ1v) is 7.90. The summed E-state index contributed by atoms with van der Waals surface area (Å²) in [6.07, 6.45) is 1.52. The number of carbonyl (C=O) groups excluding carboxylic acids is 2. The van der Waals surface area contributed by atoms with Gasteiger partial charge in [-0.2, -0.15) is 0 Å². The molecule has 0 fully saturated rings. The summed E-state index contributed by atoms with van der Waals surface area (Å²) in [6.45, 7) is 2.55. The number of benzene rings is 2. The Morgan fingerprint density at radius 1 is 0.870 bits per heavy atom. The summed E-state index contributed by atoms with van der Waals surface area (Å²) in [6, 6.07) is 18.3. The highest BCUT2D eigenvalue weighted by atomic mass is 16.2. The van der Waals surface area contributed by atoms with Crippen LogP contribution in [0.1, 0.15) is 40.5 Å². The molecule has 0 aliphatic carbocycles. The second kappa shape index (κ2) is 8.73. The summed E-state index contributed by atoms with van der Waals surface area (Å²) in [5.41, 5.74) is 1.30. The lowest BCUT2D eigenvalue weighted by molar-refractivity contribution is 0.0932. The van der Waals surface area contributed by atoms with E-state index in [0.717, 1.165) is 6.42 Å². The van der Waals surface area contributed by atoms with E-state index in [1.165, 1.54) is 0 Å². The number of hydrogen-bond acceptors (Lipinski definition) is 2. The molecule has 4 heteroatoms. The molecular weight excluding hydrogens is 288 g/mol. The summed E-state index contributed by atoms with van der Waals surface area (Å²) in [5.74, 6) is -0.165. The molecule has 0 unspecified atom stereocenters. The van der Waals surface area contributed by atoms with Crippen molar-refractivity contribution in [3.8, 4) is 0 Å². The van der Waals surface area contributed by atoms with E-state index in [4.69, 9.17) is 0 Å². The number of carbonyl (C=O) groups is 2. The van der Waals surface area contributed by atoms with Crippen molar-refractivity contribution in [3.05, 3.63) is 71.8 Å². The maximum absolute atomic E-state index is 12.1. The van der Waals surface area contributed by atoms with Crippen molar-refractivity contribution < 1.29 is 9.59 Å². The minimum absolute atomic E-state index is 0.0405. The van der Waals surface area contributed by atoms with Gasteiger partial charge in [-0.3, -0.25) is 9.59 Å². The fourth-order valence-corrected chi connectivity index (χ4v) is 2.29. The SMILES string of the molecule is CC[C@@H](CCNC(=O)c1ccccc1)NC(=O)c1ccccc1. The molecule has 1 atom stereocenters. The zero-order chi connectivity index (χ0) is 16.5. The summed E-state index contributed by atoms with van der Waals surface area (Å²) < 4.78 is 0. The molecule has 0 saturated heterocycles. The van der Waals surface area contributed by atoms with Gasteiger partial charge < -0.3 is 10.6 Å². The molecule has 0 bridgehead atoms. The molecule has 0 aliphatic heterocycles. The van der Waals surface area contributed by atoms with Crippen LogP contribution in [0.15, 0.2) is 60.7 Å². The van der Waals surface area contributed by atoms with Crippen molar-refractivity contribution in [2.45, 2.75) is 25.8 Å². The van der Waals surface area contributed by atoms with Gasteiger partial charge in [-0.15, -0.1) is 0 Å². The smallest absolute Gasteiger partial charge is 0.251 e. The lowest BCUT2D eigenvalue weighted by Gasteiger charge is -2.17. The molecule has 0 aliphatic rings. The maximum atomic E-state index is 12.1. The third-order valence-electron chi connectivity index (χ3n) is 3.68. The molecule has 120 valence electrons. The van der Waals surface area contributed by atoms with Crippen molar-refractivity contribution in [1.82, 2.24) is 10.6 Å². The summed E-state index contributed by atoms with van der Waals surface area (Å²) >= 11 is 0. The first kappa shape index (κ1) is 16.7. The zero-order valence-electron chi connectivity index (χ0n) is 13.3. The third kappa shape index (κ3) is 5.25.